The second-order valence-corrected chi connectivity index (χ2v) is 6.13. The van der Waals surface area contributed by atoms with E-state index in [2.05, 4.69) is 31.2 Å². The third-order valence-corrected chi connectivity index (χ3v) is 4.73. The highest BCUT2D eigenvalue weighted by Gasteiger charge is 2.50. The maximum absolute atomic E-state index is 12.3. The SMILES string of the molecule is CC1C(Cc2ccccc2)CCN1C(=O)C1(N)CC1. The van der Waals surface area contributed by atoms with Gasteiger partial charge in [0.15, 0.2) is 0 Å². The van der Waals surface area contributed by atoms with Crippen LogP contribution in [-0.4, -0.2) is 28.9 Å². The van der Waals surface area contributed by atoms with E-state index in [0.29, 0.717) is 12.0 Å². The van der Waals surface area contributed by atoms with Crippen molar-refractivity contribution < 1.29 is 4.79 Å². The number of nitrogens with zero attached hydrogens (tertiary/aromatic N) is 1. The van der Waals surface area contributed by atoms with Crippen LogP contribution in [-0.2, 0) is 11.2 Å². The Labute approximate surface area is 114 Å². The highest BCUT2D eigenvalue weighted by molar-refractivity contribution is 5.89. The van der Waals surface area contributed by atoms with Gasteiger partial charge in [0, 0.05) is 12.6 Å². The van der Waals surface area contributed by atoms with E-state index in [1.165, 1.54) is 5.56 Å². The Morgan fingerprint density at radius 1 is 1.37 bits per heavy atom. The molecule has 1 aliphatic heterocycles. The number of nitrogens with two attached hydrogens (primary N) is 1. The fourth-order valence-electron chi connectivity index (χ4n) is 3.11. The largest absolute Gasteiger partial charge is 0.338 e. The summed E-state index contributed by atoms with van der Waals surface area (Å²) in [6, 6.07) is 10.9. The number of hydrogen-bond acceptors (Lipinski definition) is 2. The molecular formula is C16H22N2O. The molecule has 0 radical (unpaired) electrons. The Hall–Kier alpha value is -1.35. The van der Waals surface area contributed by atoms with Gasteiger partial charge in [0.2, 0.25) is 5.91 Å². The maximum atomic E-state index is 12.3. The van der Waals surface area contributed by atoms with Crippen LogP contribution in [0.1, 0.15) is 31.7 Å². The molecule has 0 bridgehead atoms. The molecule has 1 saturated carbocycles. The summed E-state index contributed by atoms with van der Waals surface area (Å²) in [7, 11) is 0. The van der Waals surface area contributed by atoms with Crippen molar-refractivity contribution in [1.82, 2.24) is 4.90 Å². The van der Waals surface area contributed by atoms with Gasteiger partial charge in [0.25, 0.3) is 0 Å². The molecule has 2 aliphatic rings. The summed E-state index contributed by atoms with van der Waals surface area (Å²) in [6.45, 7) is 3.04. The number of carbonyl (C=O) groups excluding carboxylic acids is 1. The first kappa shape index (κ1) is 12.7. The molecule has 19 heavy (non-hydrogen) atoms. The fourth-order valence-corrected chi connectivity index (χ4v) is 3.11. The zero-order valence-electron chi connectivity index (χ0n) is 11.5. The molecule has 3 heteroatoms. The van der Waals surface area contributed by atoms with E-state index in [0.717, 1.165) is 32.2 Å². The van der Waals surface area contributed by atoms with Crippen LogP contribution in [0.15, 0.2) is 30.3 Å². The normalized spacial score (nSPS) is 28.4. The smallest absolute Gasteiger partial charge is 0.242 e. The average Bonchev–Trinajstić information content (AvgIpc) is 3.08. The van der Waals surface area contributed by atoms with Crippen LogP contribution in [0.4, 0.5) is 0 Å². The van der Waals surface area contributed by atoms with Crippen LogP contribution >= 0.6 is 0 Å². The number of amides is 1. The zero-order chi connectivity index (χ0) is 13.5. The second-order valence-electron chi connectivity index (χ2n) is 6.13. The quantitative estimate of drug-likeness (QED) is 0.901. The first-order valence-electron chi connectivity index (χ1n) is 7.24. The Morgan fingerprint density at radius 3 is 2.68 bits per heavy atom. The molecule has 2 fully saturated rings. The maximum Gasteiger partial charge on any atom is 0.242 e. The minimum atomic E-state index is -0.518. The predicted octanol–water partition coefficient (Wildman–Crippen LogP) is 1.96. The molecule has 0 aromatic heterocycles. The van der Waals surface area contributed by atoms with Gasteiger partial charge in [0.1, 0.15) is 0 Å². The van der Waals surface area contributed by atoms with Gasteiger partial charge in [-0.25, -0.2) is 0 Å². The van der Waals surface area contributed by atoms with Crippen LogP contribution in [0.25, 0.3) is 0 Å². The van der Waals surface area contributed by atoms with Gasteiger partial charge >= 0.3 is 0 Å². The molecule has 1 saturated heterocycles. The third kappa shape index (κ3) is 2.39. The Kier molecular flexibility index (Phi) is 3.09. The van der Waals surface area contributed by atoms with Gasteiger partial charge in [-0.15, -0.1) is 0 Å². The van der Waals surface area contributed by atoms with E-state index >= 15 is 0 Å². The minimum absolute atomic E-state index is 0.176. The summed E-state index contributed by atoms with van der Waals surface area (Å²) in [4.78, 5) is 14.4. The summed E-state index contributed by atoms with van der Waals surface area (Å²) in [5, 5.41) is 0. The Bertz CT molecular complexity index is 467. The van der Waals surface area contributed by atoms with Crippen LogP contribution in [0.3, 0.4) is 0 Å². The fraction of sp³-hybridized carbons (Fsp3) is 0.562. The lowest BCUT2D eigenvalue weighted by Gasteiger charge is -2.27. The second kappa shape index (κ2) is 4.64. The zero-order valence-corrected chi connectivity index (χ0v) is 11.5. The summed E-state index contributed by atoms with van der Waals surface area (Å²) >= 11 is 0. The minimum Gasteiger partial charge on any atom is -0.338 e. The molecule has 3 nitrogen and oxygen atoms in total. The Morgan fingerprint density at radius 2 is 2.05 bits per heavy atom. The lowest BCUT2D eigenvalue weighted by atomic mass is 9.93. The molecule has 2 atom stereocenters. The monoisotopic (exact) mass is 258 g/mol. The summed E-state index contributed by atoms with van der Waals surface area (Å²) in [5.41, 5.74) is 6.88. The van der Waals surface area contributed by atoms with Gasteiger partial charge < -0.3 is 10.6 Å². The molecule has 102 valence electrons. The van der Waals surface area contributed by atoms with Crippen molar-refractivity contribution in [3.05, 3.63) is 35.9 Å². The third-order valence-electron chi connectivity index (χ3n) is 4.73. The number of hydrogen-bond donors (Lipinski definition) is 1. The van der Waals surface area contributed by atoms with Crippen LogP contribution in [0.5, 0.6) is 0 Å². The lowest BCUT2D eigenvalue weighted by molar-refractivity contribution is -0.134. The van der Waals surface area contributed by atoms with Crippen LogP contribution in [0.2, 0.25) is 0 Å². The molecule has 1 heterocycles. The highest BCUT2D eigenvalue weighted by Crippen LogP contribution is 2.37. The standard InChI is InChI=1S/C16H22N2O/c1-12-14(11-13-5-3-2-4-6-13)7-10-18(12)15(19)16(17)8-9-16/h2-6,12,14H,7-11,17H2,1H3. The van der Waals surface area contributed by atoms with E-state index < -0.39 is 5.54 Å². The van der Waals surface area contributed by atoms with Crippen LogP contribution in [0, 0.1) is 5.92 Å². The van der Waals surface area contributed by atoms with Gasteiger partial charge in [-0.3, -0.25) is 4.79 Å². The van der Waals surface area contributed by atoms with Crippen molar-refractivity contribution in [3.8, 4) is 0 Å². The van der Waals surface area contributed by atoms with Crippen molar-refractivity contribution in [1.29, 1.82) is 0 Å². The summed E-state index contributed by atoms with van der Waals surface area (Å²) < 4.78 is 0. The number of rotatable bonds is 3. The lowest BCUT2D eigenvalue weighted by Crippen LogP contribution is -2.47. The molecule has 1 aromatic rings. The van der Waals surface area contributed by atoms with E-state index in [-0.39, 0.29) is 5.91 Å². The molecule has 0 spiro atoms. The predicted molar refractivity (Wildman–Crippen MR) is 75.6 cm³/mol. The average molecular weight is 258 g/mol. The summed E-state index contributed by atoms with van der Waals surface area (Å²) in [6.07, 6.45) is 3.87. The van der Waals surface area contributed by atoms with E-state index in [9.17, 15) is 4.79 Å². The van der Waals surface area contributed by atoms with E-state index in [1.54, 1.807) is 0 Å². The van der Waals surface area contributed by atoms with Gasteiger partial charge in [-0.05, 0) is 44.1 Å². The molecule has 1 amide bonds. The Balaban J connectivity index is 1.65. The summed E-state index contributed by atoms with van der Waals surface area (Å²) in [5.74, 6) is 0.740. The molecule has 3 rings (SSSR count). The van der Waals surface area contributed by atoms with E-state index in [4.69, 9.17) is 5.73 Å². The number of likely N-dealkylation sites (tertiary alicyclic amines) is 1. The molecule has 1 aromatic carbocycles. The van der Waals surface area contributed by atoms with Crippen LogP contribution < -0.4 is 5.73 Å². The first-order chi connectivity index (χ1) is 9.10. The van der Waals surface area contributed by atoms with Crippen molar-refractivity contribution in [2.24, 2.45) is 11.7 Å². The van der Waals surface area contributed by atoms with Crippen molar-refractivity contribution in [2.75, 3.05) is 6.54 Å². The molecule has 2 unspecified atom stereocenters. The molecular weight excluding hydrogens is 236 g/mol. The van der Waals surface area contributed by atoms with Crippen molar-refractivity contribution >= 4 is 5.91 Å². The van der Waals surface area contributed by atoms with Crippen molar-refractivity contribution in [2.45, 2.75) is 44.2 Å². The highest BCUT2D eigenvalue weighted by atomic mass is 16.2. The number of benzene rings is 1. The first-order valence-corrected chi connectivity index (χ1v) is 7.24. The van der Waals surface area contributed by atoms with Gasteiger partial charge in [0.05, 0.1) is 5.54 Å². The van der Waals surface area contributed by atoms with E-state index in [1.807, 2.05) is 11.0 Å². The van der Waals surface area contributed by atoms with Gasteiger partial charge in [-0.1, -0.05) is 30.3 Å². The topological polar surface area (TPSA) is 46.3 Å². The van der Waals surface area contributed by atoms with Crippen molar-refractivity contribution in [3.63, 3.8) is 0 Å². The molecule has 2 N–H and O–H groups in total. The molecule has 1 aliphatic carbocycles. The number of carbonyl (C=O) groups is 1. The van der Waals surface area contributed by atoms with Gasteiger partial charge in [-0.2, -0.15) is 0 Å².